The predicted molar refractivity (Wildman–Crippen MR) is 72.0 cm³/mol. The molecular formula is C14H16N4O2. The summed E-state index contributed by atoms with van der Waals surface area (Å²) in [5, 5.41) is 17.5. The molecule has 0 aliphatic carbocycles. The quantitative estimate of drug-likeness (QED) is 0.881. The average Bonchev–Trinajstić information content (AvgIpc) is 2.90. The molecule has 6 nitrogen and oxygen atoms in total. The van der Waals surface area contributed by atoms with Crippen molar-refractivity contribution in [1.29, 1.82) is 0 Å². The van der Waals surface area contributed by atoms with E-state index >= 15 is 0 Å². The second-order valence-corrected chi connectivity index (χ2v) is 5.05. The number of hydrogen-bond acceptors (Lipinski definition) is 4. The number of fused-ring (bicyclic) bond motifs is 1. The molecule has 1 amide bonds. The average molecular weight is 272 g/mol. The van der Waals surface area contributed by atoms with E-state index in [-0.39, 0.29) is 11.7 Å². The Morgan fingerprint density at radius 1 is 1.40 bits per heavy atom. The summed E-state index contributed by atoms with van der Waals surface area (Å²) in [5.74, 6) is 1.09. The van der Waals surface area contributed by atoms with Crippen LogP contribution in [0.1, 0.15) is 17.0 Å². The largest absolute Gasteiger partial charge is 0.508 e. The van der Waals surface area contributed by atoms with Gasteiger partial charge in [-0.15, -0.1) is 10.2 Å². The second-order valence-electron chi connectivity index (χ2n) is 5.05. The van der Waals surface area contributed by atoms with E-state index in [1.54, 1.807) is 17.3 Å². The lowest BCUT2D eigenvalue weighted by molar-refractivity contribution is -0.132. The van der Waals surface area contributed by atoms with Crippen LogP contribution in [-0.4, -0.2) is 37.2 Å². The molecule has 104 valence electrons. The SMILES string of the molecule is Cc1ccc(CC(=O)N2CCn3cnnc3C2)cc1O. The fraction of sp³-hybridized carbons (Fsp3) is 0.357. The molecule has 2 heterocycles. The summed E-state index contributed by atoms with van der Waals surface area (Å²) < 4.78 is 1.96. The highest BCUT2D eigenvalue weighted by atomic mass is 16.3. The summed E-state index contributed by atoms with van der Waals surface area (Å²) in [4.78, 5) is 14.1. The highest BCUT2D eigenvalue weighted by molar-refractivity contribution is 5.79. The standard InChI is InChI=1S/C14H16N4O2/c1-10-2-3-11(6-12(10)19)7-14(20)17-4-5-18-9-15-16-13(18)8-17/h2-3,6,9,19H,4-5,7-8H2,1H3. The summed E-state index contributed by atoms with van der Waals surface area (Å²) in [5.41, 5.74) is 1.64. The molecular weight excluding hydrogens is 256 g/mol. The minimum atomic E-state index is 0.0440. The number of rotatable bonds is 2. The minimum Gasteiger partial charge on any atom is -0.508 e. The number of carbonyl (C=O) groups is 1. The fourth-order valence-corrected chi connectivity index (χ4v) is 2.33. The van der Waals surface area contributed by atoms with Crippen LogP contribution in [0.5, 0.6) is 5.75 Å². The maximum atomic E-state index is 12.3. The Bertz CT molecular complexity index is 650. The van der Waals surface area contributed by atoms with Crippen LogP contribution in [0.25, 0.3) is 0 Å². The van der Waals surface area contributed by atoms with E-state index in [4.69, 9.17) is 0 Å². The lowest BCUT2D eigenvalue weighted by atomic mass is 10.1. The van der Waals surface area contributed by atoms with E-state index in [1.165, 1.54) is 0 Å². The number of aryl methyl sites for hydroxylation is 1. The topological polar surface area (TPSA) is 71.2 Å². The Morgan fingerprint density at radius 3 is 3.05 bits per heavy atom. The number of nitrogens with zero attached hydrogens (tertiary/aromatic N) is 4. The zero-order valence-electron chi connectivity index (χ0n) is 11.3. The van der Waals surface area contributed by atoms with Gasteiger partial charge in [0.2, 0.25) is 5.91 Å². The van der Waals surface area contributed by atoms with Crippen LogP contribution < -0.4 is 0 Å². The van der Waals surface area contributed by atoms with Crippen molar-refractivity contribution < 1.29 is 9.90 Å². The van der Waals surface area contributed by atoms with Gasteiger partial charge < -0.3 is 14.6 Å². The Labute approximate surface area is 116 Å². The van der Waals surface area contributed by atoms with Crippen molar-refractivity contribution >= 4 is 5.91 Å². The van der Waals surface area contributed by atoms with Gasteiger partial charge >= 0.3 is 0 Å². The number of aromatic nitrogens is 3. The molecule has 1 aromatic carbocycles. The summed E-state index contributed by atoms with van der Waals surface area (Å²) >= 11 is 0. The first-order valence-corrected chi connectivity index (χ1v) is 6.56. The number of carbonyl (C=O) groups excluding carboxylic acids is 1. The van der Waals surface area contributed by atoms with Crippen molar-refractivity contribution in [3.05, 3.63) is 41.5 Å². The van der Waals surface area contributed by atoms with Gasteiger partial charge in [0.1, 0.15) is 12.1 Å². The molecule has 0 unspecified atom stereocenters. The van der Waals surface area contributed by atoms with E-state index in [1.807, 2.05) is 23.6 Å². The zero-order valence-corrected chi connectivity index (χ0v) is 11.3. The zero-order chi connectivity index (χ0) is 14.1. The normalized spacial score (nSPS) is 14.2. The van der Waals surface area contributed by atoms with Crippen molar-refractivity contribution in [3.8, 4) is 5.75 Å². The second kappa shape index (κ2) is 4.96. The molecule has 3 rings (SSSR count). The van der Waals surface area contributed by atoms with Crippen molar-refractivity contribution in [1.82, 2.24) is 19.7 Å². The van der Waals surface area contributed by atoms with Crippen LogP contribution in [0.2, 0.25) is 0 Å². The van der Waals surface area contributed by atoms with Gasteiger partial charge in [-0.05, 0) is 24.1 Å². The van der Waals surface area contributed by atoms with Gasteiger partial charge in [0.05, 0.1) is 13.0 Å². The number of phenols is 1. The Kier molecular flexibility index (Phi) is 3.14. The smallest absolute Gasteiger partial charge is 0.227 e. The summed E-state index contributed by atoms with van der Waals surface area (Å²) in [6.07, 6.45) is 1.98. The lowest BCUT2D eigenvalue weighted by Gasteiger charge is -2.27. The maximum absolute atomic E-state index is 12.3. The number of aromatic hydroxyl groups is 1. The predicted octanol–water partition coefficient (Wildman–Crippen LogP) is 0.877. The molecule has 2 aromatic rings. The lowest BCUT2D eigenvalue weighted by Crippen LogP contribution is -2.39. The minimum absolute atomic E-state index is 0.0440. The third kappa shape index (κ3) is 2.36. The maximum Gasteiger partial charge on any atom is 0.227 e. The molecule has 1 aliphatic heterocycles. The molecule has 0 fully saturated rings. The van der Waals surface area contributed by atoms with Crippen LogP contribution in [0.15, 0.2) is 24.5 Å². The van der Waals surface area contributed by atoms with Gasteiger partial charge in [0.25, 0.3) is 0 Å². The third-order valence-electron chi connectivity index (χ3n) is 3.62. The van der Waals surface area contributed by atoms with E-state index in [9.17, 15) is 9.90 Å². The summed E-state index contributed by atoms with van der Waals surface area (Å²) in [6.45, 7) is 3.73. The molecule has 20 heavy (non-hydrogen) atoms. The number of amides is 1. The van der Waals surface area contributed by atoms with E-state index in [0.717, 1.165) is 23.5 Å². The molecule has 0 atom stereocenters. The monoisotopic (exact) mass is 272 g/mol. The molecule has 1 aromatic heterocycles. The summed E-state index contributed by atoms with van der Waals surface area (Å²) in [6, 6.07) is 5.35. The van der Waals surface area contributed by atoms with E-state index in [2.05, 4.69) is 10.2 Å². The fourth-order valence-electron chi connectivity index (χ4n) is 2.33. The number of hydrogen-bond donors (Lipinski definition) is 1. The Hall–Kier alpha value is -2.37. The van der Waals surface area contributed by atoms with Crippen molar-refractivity contribution in [2.45, 2.75) is 26.4 Å². The van der Waals surface area contributed by atoms with Crippen molar-refractivity contribution in [3.63, 3.8) is 0 Å². The first-order chi connectivity index (χ1) is 9.63. The van der Waals surface area contributed by atoms with Gasteiger partial charge in [-0.25, -0.2) is 0 Å². The first-order valence-electron chi connectivity index (χ1n) is 6.56. The van der Waals surface area contributed by atoms with Crippen LogP contribution in [0.3, 0.4) is 0 Å². The van der Waals surface area contributed by atoms with Crippen LogP contribution in [0, 0.1) is 6.92 Å². The molecule has 1 N–H and O–H groups in total. The molecule has 0 saturated heterocycles. The highest BCUT2D eigenvalue weighted by Gasteiger charge is 2.21. The van der Waals surface area contributed by atoms with Gasteiger partial charge in [-0.1, -0.05) is 12.1 Å². The van der Waals surface area contributed by atoms with Crippen LogP contribution in [0.4, 0.5) is 0 Å². The van der Waals surface area contributed by atoms with Crippen molar-refractivity contribution in [2.24, 2.45) is 0 Å². The number of phenolic OH excluding ortho intramolecular Hbond substituents is 1. The molecule has 0 bridgehead atoms. The molecule has 0 saturated carbocycles. The first kappa shape index (κ1) is 12.7. The molecule has 1 aliphatic rings. The van der Waals surface area contributed by atoms with Gasteiger partial charge in [-0.2, -0.15) is 0 Å². The number of benzene rings is 1. The van der Waals surface area contributed by atoms with E-state index < -0.39 is 0 Å². The van der Waals surface area contributed by atoms with Crippen LogP contribution >= 0.6 is 0 Å². The highest BCUT2D eigenvalue weighted by Crippen LogP contribution is 2.19. The Morgan fingerprint density at radius 2 is 2.25 bits per heavy atom. The van der Waals surface area contributed by atoms with E-state index in [0.29, 0.717) is 19.5 Å². The van der Waals surface area contributed by atoms with Crippen LogP contribution in [-0.2, 0) is 24.3 Å². The van der Waals surface area contributed by atoms with Crippen molar-refractivity contribution in [2.75, 3.05) is 6.54 Å². The van der Waals surface area contributed by atoms with Gasteiger partial charge in [-0.3, -0.25) is 4.79 Å². The Balaban J connectivity index is 1.69. The molecule has 0 radical (unpaired) electrons. The summed E-state index contributed by atoms with van der Waals surface area (Å²) in [7, 11) is 0. The van der Waals surface area contributed by atoms with Gasteiger partial charge in [0, 0.05) is 13.1 Å². The molecule has 6 heteroatoms. The third-order valence-corrected chi connectivity index (χ3v) is 3.62. The molecule has 0 spiro atoms. The van der Waals surface area contributed by atoms with Gasteiger partial charge in [0.15, 0.2) is 5.82 Å².